The average molecular weight is 180 g/mol. The zero-order chi connectivity index (χ0) is 5.15. The number of hydrogen-bond acceptors (Lipinski definition) is 2. The van der Waals surface area contributed by atoms with Crippen molar-refractivity contribution in [2.45, 2.75) is 5.76 Å². The van der Waals surface area contributed by atoms with Gasteiger partial charge >= 0.3 is 0 Å². The molecule has 0 aromatic carbocycles. The number of halogens is 2. The maximum Gasteiger partial charge on any atom is 0.299 e. The molecule has 0 saturated heterocycles. The summed E-state index contributed by atoms with van der Waals surface area (Å²) in [5.74, 6) is -3.23. The van der Waals surface area contributed by atoms with Crippen LogP contribution in [0.3, 0.4) is 0 Å². The van der Waals surface area contributed by atoms with Gasteiger partial charge in [0.15, 0.2) is 0 Å². The van der Waals surface area contributed by atoms with Gasteiger partial charge in [-0.05, 0) is 0 Å². The van der Waals surface area contributed by atoms with Gasteiger partial charge in [-0.3, -0.25) is 4.21 Å². The average Bonchev–Trinajstić information content (AvgIpc) is 1.36. The summed E-state index contributed by atoms with van der Waals surface area (Å²) in [6.45, 7) is 0. The van der Waals surface area contributed by atoms with Crippen molar-refractivity contribution in [3.8, 4) is 0 Å². The Labute approximate surface area is 54.3 Å². The molecule has 0 fully saturated rings. The van der Waals surface area contributed by atoms with Gasteiger partial charge in [0.25, 0.3) is 5.76 Å². The molecule has 1 atom stereocenters. The molecule has 0 aliphatic carbocycles. The standard InChI is InChI=1S/CH2F2O2S.Zn/c2-1(3)6(4)5;/h1H,(H,4,5);/p-1. The van der Waals surface area contributed by atoms with Gasteiger partial charge in [0.05, 0.1) is 0 Å². The Bertz CT molecular complexity index is 66.7. The van der Waals surface area contributed by atoms with Gasteiger partial charge in [-0.2, -0.15) is 8.78 Å². The molecule has 2 nitrogen and oxygen atoms in total. The third-order valence-electron chi connectivity index (χ3n) is 0.145. The molecule has 0 aromatic rings. The summed E-state index contributed by atoms with van der Waals surface area (Å²) < 4.78 is 39.0. The van der Waals surface area contributed by atoms with E-state index in [0.717, 1.165) is 0 Å². The van der Waals surface area contributed by atoms with E-state index in [-0.39, 0.29) is 19.5 Å². The molecular formula is CHF2O2SZn-. The monoisotopic (exact) mass is 179 g/mol. The van der Waals surface area contributed by atoms with Crippen molar-refractivity contribution in [2.24, 2.45) is 0 Å². The van der Waals surface area contributed by atoms with Crippen molar-refractivity contribution in [2.75, 3.05) is 0 Å². The van der Waals surface area contributed by atoms with Gasteiger partial charge in [-0.1, -0.05) is 0 Å². The Morgan fingerprint density at radius 2 is 1.71 bits per heavy atom. The minimum atomic E-state index is -3.23. The second-order valence-electron chi connectivity index (χ2n) is 0.521. The Hall–Kier alpha value is 0.593. The van der Waals surface area contributed by atoms with Gasteiger partial charge in [0, 0.05) is 30.6 Å². The minimum Gasteiger partial charge on any atom is -0.768 e. The molecule has 0 amide bonds. The van der Waals surface area contributed by atoms with Crippen LogP contribution in [0.1, 0.15) is 0 Å². The van der Waals surface area contributed by atoms with Crippen molar-refractivity contribution in [3.63, 3.8) is 0 Å². The fourth-order valence-electron chi connectivity index (χ4n) is 0. The number of alkyl halides is 2. The molecule has 1 unspecified atom stereocenters. The molecule has 0 aliphatic rings. The van der Waals surface area contributed by atoms with E-state index in [9.17, 15) is 8.78 Å². The molecule has 7 heavy (non-hydrogen) atoms. The predicted molar refractivity (Wildman–Crippen MR) is 14.9 cm³/mol. The van der Waals surface area contributed by atoms with Crippen LogP contribution in [0.2, 0.25) is 0 Å². The van der Waals surface area contributed by atoms with Crippen LogP contribution in [0.25, 0.3) is 0 Å². The van der Waals surface area contributed by atoms with Crippen LogP contribution in [-0.4, -0.2) is 14.5 Å². The van der Waals surface area contributed by atoms with E-state index in [1.807, 2.05) is 0 Å². The largest absolute Gasteiger partial charge is 0.768 e. The van der Waals surface area contributed by atoms with Crippen molar-refractivity contribution >= 4 is 11.1 Å². The van der Waals surface area contributed by atoms with Crippen LogP contribution in [-0.2, 0) is 30.6 Å². The zero-order valence-electron chi connectivity index (χ0n) is 3.27. The molecule has 0 radical (unpaired) electrons. The van der Waals surface area contributed by atoms with Crippen LogP contribution >= 0.6 is 0 Å². The molecule has 0 aliphatic heterocycles. The van der Waals surface area contributed by atoms with E-state index < -0.39 is 16.8 Å². The molecule has 0 saturated carbocycles. The van der Waals surface area contributed by atoms with E-state index >= 15 is 0 Å². The third kappa shape index (κ3) is 6.59. The van der Waals surface area contributed by atoms with Gasteiger partial charge in [-0.25, -0.2) is 0 Å². The smallest absolute Gasteiger partial charge is 0.299 e. The Kier molecular flexibility index (Phi) is 7.15. The van der Waals surface area contributed by atoms with Crippen molar-refractivity contribution in [1.82, 2.24) is 0 Å². The summed E-state index contributed by atoms with van der Waals surface area (Å²) in [5, 5.41) is 0. The predicted octanol–water partition coefficient (Wildman–Crippen LogP) is 0.0856. The maximum atomic E-state index is 10.5. The quantitative estimate of drug-likeness (QED) is 0.424. The summed E-state index contributed by atoms with van der Waals surface area (Å²) >= 11 is -3.20. The van der Waals surface area contributed by atoms with E-state index in [1.165, 1.54) is 0 Å². The van der Waals surface area contributed by atoms with Crippen molar-refractivity contribution in [3.05, 3.63) is 0 Å². The summed E-state index contributed by atoms with van der Waals surface area (Å²) in [6.07, 6.45) is 0. The SMILES string of the molecule is O=S([O-])C(F)F.[Zn]. The van der Waals surface area contributed by atoms with E-state index in [1.54, 1.807) is 0 Å². The number of hydrogen-bond donors (Lipinski definition) is 0. The first kappa shape index (κ1) is 10.6. The van der Waals surface area contributed by atoms with Gasteiger partial charge in [-0.15, -0.1) is 0 Å². The van der Waals surface area contributed by atoms with Crippen LogP contribution in [0.5, 0.6) is 0 Å². The van der Waals surface area contributed by atoms with Crippen LogP contribution in [0, 0.1) is 0 Å². The normalized spacial score (nSPS) is 13.1. The maximum absolute atomic E-state index is 10.5. The summed E-state index contributed by atoms with van der Waals surface area (Å²) in [6, 6.07) is 0. The van der Waals surface area contributed by atoms with E-state index in [2.05, 4.69) is 0 Å². The van der Waals surface area contributed by atoms with Crippen molar-refractivity contribution in [1.29, 1.82) is 0 Å². The Morgan fingerprint density at radius 1 is 1.57 bits per heavy atom. The second kappa shape index (κ2) is 4.75. The molecule has 6 heteroatoms. The first-order valence-corrected chi connectivity index (χ1v) is 2.14. The van der Waals surface area contributed by atoms with E-state index in [0.29, 0.717) is 0 Å². The van der Waals surface area contributed by atoms with Crippen LogP contribution < -0.4 is 0 Å². The summed E-state index contributed by atoms with van der Waals surface area (Å²) in [4.78, 5) is 0. The fourth-order valence-corrected chi connectivity index (χ4v) is 0. The molecule has 0 heterocycles. The fraction of sp³-hybridized carbons (Fsp3) is 1.00. The second-order valence-corrected chi connectivity index (χ2v) is 1.40. The molecule has 0 aromatic heterocycles. The molecule has 0 rings (SSSR count). The van der Waals surface area contributed by atoms with Crippen molar-refractivity contribution < 1.29 is 37.0 Å². The van der Waals surface area contributed by atoms with Gasteiger partial charge in [0.1, 0.15) is 0 Å². The van der Waals surface area contributed by atoms with Crippen LogP contribution in [0.4, 0.5) is 8.78 Å². The van der Waals surface area contributed by atoms with Crippen LogP contribution in [0.15, 0.2) is 0 Å². The first-order chi connectivity index (χ1) is 2.64. The Morgan fingerprint density at radius 3 is 1.71 bits per heavy atom. The molecule has 0 spiro atoms. The Balaban J connectivity index is 0. The zero-order valence-corrected chi connectivity index (χ0v) is 7.05. The molecule has 0 N–H and O–H groups in total. The van der Waals surface area contributed by atoms with Gasteiger partial charge in [0.2, 0.25) is 0 Å². The summed E-state index contributed by atoms with van der Waals surface area (Å²) in [7, 11) is 0. The summed E-state index contributed by atoms with van der Waals surface area (Å²) in [5.41, 5.74) is 0. The first-order valence-electron chi connectivity index (χ1n) is 1.01. The van der Waals surface area contributed by atoms with Gasteiger partial charge < -0.3 is 4.55 Å². The minimum absolute atomic E-state index is 0. The molecular weight excluding hydrogens is 179 g/mol. The number of rotatable bonds is 1. The van der Waals surface area contributed by atoms with E-state index in [4.69, 9.17) is 8.76 Å². The molecule has 40 valence electrons. The molecule has 0 bridgehead atoms. The third-order valence-corrected chi connectivity index (χ3v) is 0.436. The topological polar surface area (TPSA) is 40.1 Å².